The van der Waals surface area contributed by atoms with E-state index in [-0.39, 0.29) is 0 Å². The lowest BCUT2D eigenvalue weighted by Crippen LogP contribution is -2.40. The van der Waals surface area contributed by atoms with Gasteiger partial charge in [-0.25, -0.2) is 0 Å². The van der Waals surface area contributed by atoms with Gasteiger partial charge in [-0.1, -0.05) is 57.0 Å². The van der Waals surface area contributed by atoms with Crippen molar-refractivity contribution in [2.45, 2.75) is 38.8 Å². The molecule has 0 bridgehead atoms. The summed E-state index contributed by atoms with van der Waals surface area (Å²) >= 11 is 4.05. The zero-order chi connectivity index (χ0) is 10.4. The van der Waals surface area contributed by atoms with Crippen LogP contribution in [-0.2, 0) is 0 Å². The van der Waals surface area contributed by atoms with E-state index in [1.165, 1.54) is 24.9 Å². The van der Waals surface area contributed by atoms with Crippen LogP contribution in [0.5, 0.6) is 0 Å². The minimum absolute atomic E-state index is 1.28. The molecule has 0 aliphatic heterocycles. The number of benzene rings is 1. The van der Waals surface area contributed by atoms with E-state index in [9.17, 15) is 0 Å². The second-order valence-corrected chi connectivity index (χ2v) is 11.9. The van der Waals surface area contributed by atoms with Crippen molar-refractivity contribution >= 4 is 27.2 Å². The molecule has 0 atom stereocenters. The molecule has 0 aliphatic carbocycles. The molecule has 0 saturated carbocycles. The zero-order valence-electron chi connectivity index (χ0n) is 9.09. The lowest BCUT2D eigenvalue weighted by molar-refractivity contribution is 1.01. The molecule has 0 N–H and O–H groups in total. The Bertz CT molecular complexity index is 252. The van der Waals surface area contributed by atoms with Crippen LogP contribution in [0.25, 0.3) is 0 Å². The predicted molar refractivity (Wildman–Crippen MR) is 71.0 cm³/mol. The van der Waals surface area contributed by atoms with Crippen molar-refractivity contribution < 1.29 is 0 Å². The number of hydrogen-bond donors (Lipinski definition) is 0. The summed E-state index contributed by atoms with van der Waals surface area (Å²) in [7, 11) is 0. The van der Waals surface area contributed by atoms with Crippen LogP contribution in [0.3, 0.4) is 0 Å². The van der Waals surface area contributed by atoms with Crippen LogP contribution in [0, 0.1) is 0 Å². The molecule has 0 unspecified atom stereocenters. The van der Waals surface area contributed by atoms with Gasteiger partial charge in [-0.15, -0.1) is 15.3 Å². The van der Waals surface area contributed by atoms with Crippen LogP contribution >= 0.6 is 15.3 Å². The molecule has 1 aromatic carbocycles. The molecule has 0 aromatic heterocycles. The monoisotopic (exact) mass is 270 g/mol. The fourth-order valence-corrected chi connectivity index (χ4v) is 8.32. The van der Waals surface area contributed by atoms with Gasteiger partial charge in [0.1, 0.15) is 0 Å². The summed E-state index contributed by atoms with van der Waals surface area (Å²) in [5.74, 6) is 0. The van der Waals surface area contributed by atoms with Crippen molar-refractivity contribution in [3.8, 4) is 0 Å². The first kappa shape index (κ1) is 12.0. The summed E-state index contributed by atoms with van der Waals surface area (Å²) in [5, 5.41) is 1.56. The molecule has 0 radical (unpaired) electrons. The highest BCUT2D eigenvalue weighted by atomic mass is 79.9. The molecule has 78 valence electrons. The van der Waals surface area contributed by atoms with Crippen LogP contribution in [0.15, 0.2) is 30.3 Å². The van der Waals surface area contributed by atoms with E-state index in [0.29, 0.717) is 0 Å². The molecule has 14 heavy (non-hydrogen) atoms. The van der Waals surface area contributed by atoms with Crippen molar-refractivity contribution in [2.75, 3.05) is 0 Å². The minimum atomic E-state index is -1.31. The van der Waals surface area contributed by atoms with Gasteiger partial charge in [-0.3, -0.25) is 0 Å². The minimum Gasteiger partial charge on any atom is -0.120 e. The largest absolute Gasteiger partial charge is 0.160 e. The molecule has 0 amide bonds. The smallest absolute Gasteiger partial charge is 0.120 e. The van der Waals surface area contributed by atoms with Crippen LogP contribution < -0.4 is 5.19 Å². The maximum Gasteiger partial charge on any atom is 0.160 e. The van der Waals surface area contributed by atoms with E-state index in [2.05, 4.69) is 59.5 Å². The molecule has 2 heteroatoms. The SMILES string of the molecule is CCC[Si](Br)(CCC)c1ccccc1. The van der Waals surface area contributed by atoms with Crippen molar-refractivity contribution in [1.29, 1.82) is 0 Å². The molecule has 0 spiro atoms. The van der Waals surface area contributed by atoms with Gasteiger partial charge in [0, 0.05) is 0 Å². The maximum absolute atomic E-state index is 4.05. The van der Waals surface area contributed by atoms with Gasteiger partial charge in [0.2, 0.25) is 0 Å². The standard InChI is InChI=1S/C12H19BrSi/c1-3-10-14(13,11-4-2)12-8-6-5-7-9-12/h5-9H,3-4,10-11H2,1-2H3. The summed E-state index contributed by atoms with van der Waals surface area (Å²) in [6.45, 7) is 3.25. The van der Waals surface area contributed by atoms with Crippen LogP contribution in [0.4, 0.5) is 0 Å². The number of halogens is 1. The zero-order valence-corrected chi connectivity index (χ0v) is 11.7. The Hall–Kier alpha value is -0.0831. The summed E-state index contributed by atoms with van der Waals surface area (Å²) in [4.78, 5) is 0. The summed E-state index contributed by atoms with van der Waals surface area (Å²) < 4.78 is 0. The van der Waals surface area contributed by atoms with Gasteiger partial charge in [-0.05, 0) is 17.3 Å². The lowest BCUT2D eigenvalue weighted by atomic mass is 10.4. The quantitative estimate of drug-likeness (QED) is 0.559. The average Bonchev–Trinajstić information content (AvgIpc) is 2.20. The van der Waals surface area contributed by atoms with E-state index in [0.717, 1.165) is 0 Å². The Morgan fingerprint density at radius 1 is 1.00 bits per heavy atom. The van der Waals surface area contributed by atoms with E-state index in [1.54, 1.807) is 5.19 Å². The molecule has 1 rings (SSSR count). The Balaban J connectivity index is 2.87. The molecule has 0 nitrogen and oxygen atoms in total. The Morgan fingerprint density at radius 2 is 1.50 bits per heavy atom. The van der Waals surface area contributed by atoms with Gasteiger partial charge < -0.3 is 0 Å². The highest BCUT2D eigenvalue weighted by Gasteiger charge is 2.29. The summed E-state index contributed by atoms with van der Waals surface area (Å²) in [6, 6.07) is 13.7. The number of hydrogen-bond acceptors (Lipinski definition) is 0. The molecule has 1 aromatic rings. The van der Waals surface area contributed by atoms with Crippen molar-refractivity contribution in [3.63, 3.8) is 0 Å². The first-order valence-electron chi connectivity index (χ1n) is 5.47. The Morgan fingerprint density at radius 3 is 1.93 bits per heavy atom. The van der Waals surface area contributed by atoms with Gasteiger partial charge in [0.15, 0.2) is 6.69 Å². The Labute approximate surface area is 96.3 Å². The van der Waals surface area contributed by atoms with Crippen LogP contribution in [0.2, 0.25) is 12.1 Å². The number of rotatable bonds is 5. The molecular weight excluding hydrogens is 252 g/mol. The van der Waals surface area contributed by atoms with Crippen molar-refractivity contribution in [3.05, 3.63) is 30.3 Å². The van der Waals surface area contributed by atoms with Gasteiger partial charge in [-0.2, -0.15) is 0 Å². The first-order chi connectivity index (χ1) is 6.73. The van der Waals surface area contributed by atoms with E-state index in [4.69, 9.17) is 0 Å². The highest BCUT2D eigenvalue weighted by molar-refractivity contribution is 9.26. The second-order valence-electron chi connectivity index (χ2n) is 3.83. The van der Waals surface area contributed by atoms with Crippen LogP contribution in [0.1, 0.15) is 26.7 Å². The van der Waals surface area contributed by atoms with Crippen molar-refractivity contribution in [2.24, 2.45) is 0 Å². The normalized spacial score (nSPS) is 11.6. The molecule has 0 aliphatic rings. The average molecular weight is 271 g/mol. The van der Waals surface area contributed by atoms with E-state index in [1.807, 2.05) is 0 Å². The van der Waals surface area contributed by atoms with Crippen LogP contribution in [-0.4, -0.2) is 6.69 Å². The fourth-order valence-electron chi connectivity index (χ4n) is 1.94. The van der Waals surface area contributed by atoms with Gasteiger partial charge in [0.05, 0.1) is 0 Å². The fraction of sp³-hybridized carbons (Fsp3) is 0.500. The van der Waals surface area contributed by atoms with Crippen molar-refractivity contribution in [1.82, 2.24) is 0 Å². The molecule has 0 saturated heterocycles. The van der Waals surface area contributed by atoms with E-state index < -0.39 is 6.69 Å². The topological polar surface area (TPSA) is 0 Å². The predicted octanol–water partition coefficient (Wildman–Crippen LogP) is 4.05. The first-order valence-corrected chi connectivity index (χ1v) is 10.1. The van der Waals surface area contributed by atoms with E-state index >= 15 is 0 Å². The molecular formula is C12H19BrSi. The third kappa shape index (κ3) is 2.96. The van der Waals surface area contributed by atoms with Gasteiger partial charge in [0.25, 0.3) is 0 Å². The third-order valence-electron chi connectivity index (χ3n) is 2.58. The summed E-state index contributed by atoms with van der Waals surface area (Å²) in [6.07, 6.45) is 2.57. The van der Waals surface area contributed by atoms with Gasteiger partial charge >= 0.3 is 0 Å². The second kappa shape index (κ2) is 5.71. The molecule has 0 heterocycles. The Kier molecular flexibility index (Phi) is 4.89. The highest BCUT2D eigenvalue weighted by Crippen LogP contribution is 2.25. The lowest BCUT2D eigenvalue weighted by Gasteiger charge is -2.24. The molecule has 0 fully saturated rings. The maximum atomic E-state index is 4.05. The summed E-state index contributed by atoms with van der Waals surface area (Å²) in [5.41, 5.74) is 0. The third-order valence-corrected chi connectivity index (χ3v) is 10.3.